The van der Waals surface area contributed by atoms with Crippen LogP contribution in [0.25, 0.3) is 0 Å². The highest BCUT2D eigenvalue weighted by molar-refractivity contribution is 6.32. The zero-order valence-corrected chi connectivity index (χ0v) is 19.5. The molecule has 2 heterocycles. The summed E-state index contributed by atoms with van der Waals surface area (Å²) in [5, 5.41) is 20.8. The topological polar surface area (TPSA) is 182 Å². The second-order valence-corrected chi connectivity index (χ2v) is 8.31. The lowest BCUT2D eigenvalue weighted by molar-refractivity contribution is -0.156. The number of hydrogen-bond acceptors (Lipinski definition) is 6. The Morgan fingerprint density at radius 1 is 1.11 bits per heavy atom. The van der Waals surface area contributed by atoms with Crippen LogP contribution >= 0.6 is 11.6 Å². The lowest BCUT2D eigenvalue weighted by Gasteiger charge is -2.49. The molecule has 2 amide bonds. The minimum absolute atomic E-state index is 0. The summed E-state index contributed by atoms with van der Waals surface area (Å²) >= 11 is 5.92. The van der Waals surface area contributed by atoms with E-state index in [0.717, 1.165) is 4.90 Å². The molecule has 2 aliphatic rings. The van der Waals surface area contributed by atoms with Gasteiger partial charge in [-0.25, -0.2) is 4.79 Å². The average molecular weight is 504 g/mol. The van der Waals surface area contributed by atoms with Crippen molar-refractivity contribution in [3.8, 4) is 5.75 Å². The van der Waals surface area contributed by atoms with E-state index in [9.17, 15) is 24.3 Å². The van der Waals surface area contributed by atoms with Crippen LogP contribution in [-0.4, -0.2) is 56.2 Å². The normalized spacial score (nSPS) is 19.2. The van der Waals surface area contributed by atoms with Crippen LogP contribution in [0.2, 0.25) is 0 Å². The number of fused-ring (bicyclic) bond motifs is 1. The number of halogens is 1. The van der Waals surface area contributed by atoms with Gasteiger partial charge in [0.25, 0.3) is 5.91 Å². The first-order valence-corrected chi connectivity index (χ1v) is 10.9. The van der Waals surface area contributed by atoms with E-state index in [4.69, 9.17) is 22.4 Å². The van der Waals surface area contributed by atoms with Gasteiger partial charge >= 0.3 is 5.97 Å². The summed E-state index contributed by atoms with van der Waals surface area (Å²) in [5.41, 5.74) is 6.98. The van der Waals surface area contributed by atoms with Crippen molar-refractivity contribution in [1.82, 2.24) is 10.2 Å². The van der Waals surface area contributed by atoms with Gasteiger partial charge < -0.3 is 26.7 Å². The maximum atomic E-state index is 12.3. The van der Waals surface area contributed by atoms with E-state index >= 15 is 0 Å². The van der Waals surface area contributed by atoms with Crippen molar-refractivity contribution in [2.24, 2.45) is 5.73 Å². The zero-order valence-electron chi connectivity index (χ0n) is 18.8. The van der Waals surface area contributed by atoms with Gasteiger partial charge in [-0.15, -0.1) is 0 Å². The van der Waals surface area contributed by atoms with Crippen molar-refractivity contribution in [1.29, 1.82) is 0 Å². The number of phenolic OH excluding ortho intramolecular Hbond substituents is 1. The van der Waals surface area contributed by atoms with Gasteiger partial charge in [0, 0.05) is 10.6 Å². The monoisotopic (exact) mass is 503 g/mol. The highest BCUT2D eigenvalue weighted by Gasteiger charge is 2.53. The van der Waals surface area contributed by atoms with Gasteiger partial charge in [-0.05, 0) is 49.6 Å². The summed E-state index contributed by atoms with van der Waals surface area (Å²) in [7, 11) is 0. The van der Waals surface area contributed by atoms with E-state index in [1.165, 1.54) is 19.1 Å². The van der Waals surface area contributed by atoms with Gasteiger partial charge in [-0.1, -0.05) is 41.9 Å². The van der Waals surface area contributed by atoms with E-state index in [1.807, 2.05) is 6.07 Å². The third-order valence-corrected chi connectivity index (χ3v) is 5.96. The number of carboxylic acid groups (broad SMARTS) is 1. The van der Waals surface area contributed by atoms with Crippen molar-refractivity contribution in [2.45, 2.75) is 37.9 Å². The Morgan fingerprint density at radius 2 is 1.71 bits per heavy atom. The quantitative estimate of drug-likeness (QED) is 0.352. The molecule has 10 nitrogen and oxygen atoms in total. The number of nitrogens with zero attached hydrogens (tertiary/aromatic N) is 1. The van der Waals surface area contributed by atoms with Crippen LogP contribution in [0.3, 0.4) is 0 Å². The van der Waals surface area contributed by atoms with Crippen molar-refractivity contribution >= 4 is 35.2 Å². The predicted molar refractivity (Wildman–Crippen MR) is 127 cm³/mol. The number of carbonyl (C=O) groups is 4. The minimum atomic E-state index is -1.25. The minimum Gasteiger partial charge on any atom is -0.508 e. The predicted octanol–water partition coefficient (Wildman–Crippen LogP) is 1.48. The van der Waals surface area contributed by atoms with E-state index in [2.05, 4.69) is 5.32 Å². The Bertz CT molecular complexity index is 1140. The molecule has 2 aromatic rings. The standard InChI is InChI=1S/C16H16ClN3O4.C8H8O2.H2O/c17-9-6-7-10-12(15(22)20(10)13(9)16(23)24)19-14(21)11(18)8-4-2-1-3-5-8;1-6(9)7-2-4-8(10)5-3-7;/h1-5,10-12H,6-7,18H2,(H,19,21)(H,23,24);2-5,10H,1H3;1H2/t10-,11-,12+;;/m1../s1. The number of rotatable bonds is 5. The molecule has 4 rings (SSSR count). The number of aliphatic carboxylic acids is 1. The number of Topliss-reactive ketones (excluding diaryl/α,β-unsaturated/α-hetero) is 1. The van der Waals surface area contributed by atoms with Gasteiger partial charge in [0.1, 0.15) is 23.5 Å². The lowest BCUT2D eigenvalue weighted by Crippen LogP contribution is -2.72. The number of hydrogen-bond donors (Lipinski definition) is 4. The Kier molecular flexibility index (Phi) is 9.12. The highest BCUT2D eigenvalue weighted by atomic mass is 35.5. The van der Waals surface area contributed by atoms with Crippen LogP contribution in [0.4, 0.5) is 0 Å². The van der Waals surface area contributed by atoms with Gasteiger partial charge in [0.2, 0.25) is 5.91 Å². The molecule has 0 unspecified atom stereocenters. The van der Waals surface area contributed by atoms with E-state index < -0.39 is 35.9 Å². The molecule has 3 atom stereocenters. The lowest BCUT2D eigenvalue weighted by atomic mass is 9.86. The van der Waals surface area contributed by atoms with Crippen LogP contribution in [-0.2, 0) is 14.4 Å². The van der Waals surface area contributed by atoms with Crippen molar-refractivity contribution in [2.75, 3.05) is 0 Å². The van der Waals surface area contributed by atoms with Gasteiger partial charge in [-0.3, -0.25) is 19.3 Å². The van der Waals surface area contributed by atoms with Gasteiger partial charge in [-0.2, -0.15) is 0 Å². The van der Waals surface area contributed by atoms with Gasteiger partial charge in [0.05, 0.1) is 6.04 Å². The maximum absolute atomic E-state index is 12.3. The smallest absolute Gasteiger partial charge is 0.353 e. The Labute approximate surface area is 206 Å². The summed E-state index contributed by atoms with van der Waals surface area (Å²) in [4.78, 5) is 47.7. The molecule has 11 heteroatoms. The Morgan fingerprint density at radius 3 is 2.26 bits per heavy atom. The molecular weight excluding hydrogens is 478 g/mol. The number of nitrogens with one attached hydrogen (secondary N) is 1. The molecule has 0 aliphatic carbocycles. The fourth-order valence-corrected chi connectivity index (χ4v) is 4.05. The molecule has 1 fully saturated rings. The molecule has 1 saturated heterocycles. The fourth-order valence-electron chi connectivity index (χ4n) is 3.77. The largest absolute Gasteiger partial charge is 0.508 e. The number of amides is 2. The summed E-state index contributed by atoms with van der Waals surface area (Å²) in [5.74, 6) is -2.01. The first-order chi connectivity index (χ1) is 16.1. The molecule has 0 spiro atoms. The number of carbonyl (C=O) groups excluding carboxylic acids is 3. The van der Waals surface area contributed by atoms with Gasteiger partial charge in [0.15, 0.2) is 5.78 Å². The SMILES string of the molecule is CC(=O)c1ccc(O)cc1.N[C@@H](C(=O)N[C@@H]1C(=O)N2C(C(=O)O)=C(Cl)CC[C@H]12)c1ccccc1.O. The van der Waals surface area contributed by atoms with Crippen LogP contribution in [0.15, 0.2) is 65.3 Å². The van der Waals surface area contributed by atoms with E-state index in [0.29, 0.717) is 24.0 Å². The van der Waals surface area contributed by atoms with Crippen LogP contribution in [0.5, 0.6) is 5.75 Å². The molecular formula is C24H26ClN3O7. The van der Waals surface area contributed by atoms with E-state index in [1.54, 1.807) is 36.4 Å². The molecule has 0 radical (unpaired) electrons. The number of nitrogens with two attached hydrogens (primary N) is 1. The van der Waals surface area contributed by atoms with Crippen molar-refractivity contribution in [3.63, 3.8) is 0 Å². The van der Waals surface area contributed by atoms with Crippen molar-refractivity contribution < 1.29 is 34.9 Å². The summed E-state index contributed by atoms with van der Waals surface area (Å²) in [6, 6.07) is 12.9. The Balaban J connectivity index is 0.000000332. The molecule has 0 aromatic heterocycles. The third-order valence-electron chi connectivity index (χ3n) is 5.59. The second-order valence-electron chi connectivity index (χ2n) is 7.85. The van der Waals surface area contributed by atoms with E-state index in [-0.39, 0.29) is 27.7 Å². The first kappa shape index (κ1) is 27.5. The van der Waals surface area contributed by atoms with Crippen molar-refractivity contribution in [3.05, 3.63) is 76.5 Å². The summed E-state index contributed by atoms with van der Waals surface area (Å²) in [6.45, 7) is 1.49. The second kappa shape index (κ2) is 11.6. The first-order valence-electron chi connectivity index (χ1n) is 10.5. The zero-order chi connectivity index (χ0) is 25.0. The number of ketones is 1. The number of phenols is 1. The van der Waals surface area contributed by atoms with Crippen LogP contribution in [0, 0.1) is 0 Å². The molecule has 0 bridgehead atoms. The Hall–Kier alpha value is -3.73. The molecule has 2 aromatic carbocycles. The van der Waals surface area contributed by atoms with Crippen LogP contribution < -0.4 is 11.1 Å². The number of allylic oxidation sites excluding steroid dienone is 1. The average Bonchev–Trinajstić information content (AvgIpc) is 2.82. The maximum Gasteiger partial charge on any atom is 0.353 e. The fraction of sp³-hybridized carbons (Fsp3) is 0.250. The molecule has 35 heavy (non-hydrogen) atoms. The highest BCUT2D eigenvalue weighted by Crippen LogP contribution is 2.38. The third kappa shape index (κ3) is 6.04. The summed E-state index contributed by atoms with van der Waals surface area (Å²) < 4.78 is 0. The number of β-lactam (4-membered cyclic amide) rings is 1. The number of aromatic hydroxyl groups is 1. The van der Waals surface area contributed by atoms with Crippen LogP contribution in [0.1, 0.15) is 41.7 Å². The number of carboxylic acids is 1. The molecule has 7 N–H and O–H groups in total. The molecule has 2 aliphatic heterocycles. The number of benzene rings is 2. The summed E-state index contributed by atoms with van der Waals surface area (Å²) in [6.07, 6.45) is 0.849. The molecule has 0 saturated carbocycles. The molecule has 186 valence electrons.